The predicted octanol–water partition coefficient (Wildman–Crippen LogP) is 18.9. The Kier molecular flexibility index (Phi) is 21.6. The van der Waals surface area contributed by atoms with Gasteiger partial charge < -0.3 is 68.3 Å². The number of hydrogen-bond acceptors (Lipinski definition) is 15. The highest BCUT2D eigenvalue weighted by Crippen LogP contribution is 2.53. The molecule has 532 valence electrons. The highest BCUT2D eigenvalue weighted by molar-refractivity contribution is 5.82. The van der Waals surface area contributed by atoms with E-state index in [1.165, 1.54) is 23.1 Å². The molecule has 0 bridgehead atoms. The summed E-state index contributed by atoms with van der Waals surface area (Å²) in [4.78, 5) is 43.0. The van der Waals surface area contributed by atoms with Gasteiger partial charge in [-0.3, -0.25) is 0 Å². The lowest BCUT2D eigenvalue weighted by atomic mass is 9.95. The minimum atomic E-state index is -4.57. The second kappa shape index (κ2) is 28.9. The van der Waals surface area contributed by atoms with E-state index in [4.69, 9.17) is 33.2 Å². The zero-order valence-corrected chi connectivity index (χ0v) is 56.7. The van der Waals surface area contributed by atoms with Crippen molar-refractivity contribution in [3.05, 3.63) is 167 Å². The number of aliphatic hydroxyl groups is 2. The Hall–Kier alpha value is -9.30. The standard InChI is InChI=1S/C24H27F3N2O5.C24H25F3N2O3.C14H10F3NO.C11H18O3/c1-13-5-7-15-19(9-13)33-20-10-14(24(25,26)27)6-8-16(20)29(15)17-11-28(12-18(30)21(17)31)22(32)34-23(2,3)4;1-15-7-9-18-20(12-15)31-21-13-16(24(25,26)27)8-10-19(21)29(18)17-6-5-11-28(14-17)22(30)32-23(2,3)4;1-8-2-4-10-12(6-8)19-13-7-9(14(15,16)17)3-5-11(13)18-10;1-11(2,3)14-10(12)13-9-7-5-4-6-8-9/h5-10,17-18,21,30-31H,11-12H2,1-4H3;5-10,12-13,17H,11,14H2,1-4H3;2-7,18H,1H3;5,7,9H,4,6,8H2,1-3H3/t17-,18-,21+;17-;;/m01../s1. The Bertz CT molecular complexity index is 4000. The smallest absolute Gasteiger partial charge is 0.453 e. The van der Waals surface area contributed by atoms with Crippen LogP contribution in [-0.4, -0.2) is 112 Å². The van der Waals surface area contributed by atoms with Crippen LogP contribution in [0.4, 0.5) is 88.0 Å². The quantitative estimate of drug-likeness (QED) is 0.0657. The van der Waals surface area contributed by atoms with Crippen LogP contribution in [0.3, 0.4) is 0 Å². The van der Waals surface area contributed by atoms with Crippen molar-refractivity contribution >= 4 is 52.5 Å². The number of anilines is 6. The minimum absolute atomic E-state index is 0.0269. The van der Waals surface area contributed by atoms with Gasteiger partial charge in [-0.25, -0.2) is 14.4 Å². The number of hydrogen-bond donors (Lipinski definition) is 3. The van der Waals surface area contributed by atoms with Crippen molar-refractivity contribution in [3.8, 4) is 34.5 Å². The molecule has 2 amide bonds. The SMILES string of the molecule is CC(C)(C)OC(=O)OC1C=CCCC1.Cc1ccc2c(c1)Oc1cc(C(F)(F)F)ccc1N2.Cc1ccc2c(c1)Oc1cc(C(F)(F)F)ccc1N2[C@@H]1C=CCN(C(=O)OC(C)(C)C)C1.Cc1ccc2c(c1)Oc1cc(C(F)(F)F)ccc1N2[C@H]1CN(C(=O)OC(C)(C)C)C[C@H](O)[C@@H]1O. The van der Waals surface area contributed by atoms with Crippen LogP contribution in [0.5, 0.6) is 34.5 Å². The van der Waals surface area contributed by atoms with Crippen molar-refractivity contribution in [1.29, 1.82) is 0 Å². The first-order valence-corrected chi connectivity index (χ1v) is 32.0. The fraction of sp³-hybridized carbons (Fsp3) is 0.411. The molecule has 17 nitrogen and oxygen atoms in total. The number of aryl methyl sites for hydroxylation is 3. The number of β-amino-alcohol motifs (C(OH)–C–C–N with tert-alkyl or cyclic N) is 1. The van der Waals surface area contributed by atoms with E-state index < -0.39 is 88.6 Å². The molecular formula is C73H80F9N5O12. The van der Waals surface area contributed by atoms with Crippen LogP contribution in [0, 0.1) is 20.8 Å². The van der Waals surface area contributed by atoms with E-state index in [9.17, 15) is 64.1 Å². The first-order valence-electron chi connectivity index (χ1n) is 32.0. The molecule has 1 unspecified atom stereocenters. The third kappa shape index (κ3) is 18.9. The summed E-state index contributed by atoms with van der Waals surface area (Å²) in [7, 11) is 0. The number of nitrogens with zero attached hydrogens (tertiary/aromatic N) is 4. The Morgan fingerprint density at radius 2 is 0.899 bits per heavy atom. The summed E-state index contributed by atoms with van der Waals surface area (Å²) in [6.45, 7) is 22.2. The number of ether oxygens (including phenoxy) is 7. The van der Waals surface area contributed by atoms with Gasteiger partial charge in [-0.1, -0.05) is 36.4 Å². The first-order chi connectivity index (χ1) is 46.1. The molecule has 1 saturated heterocycles. The van der Waals surface area contributed by atoms with Crippen molar-refractivity contribution < 1.29 is 97.3 Å². The lowest BCUT2D eigenvalue weighted by Crippen LogP contribution is -2.62. The maximum absolute atomic E-state index is 13.4. The Morgan fingerprint density at radius 1 is 0.485 bits per heavy atom. The van der Waals surface area contributed by atoms with Crippen LogP contribution in [0.1, 0.15) is 115 Å². The average Bonchev–Trinajstić information content (AvgIpc) is 0.753. The van der Waals surface area contributed by atoms with E-state index >= 15 is 0 Å². The van der Waals surface area contributed by atoms with Gasteiger partial charge in [0.15, 0.2) is 34.5 Å². The Balaban J connectivity index is 0.000000163. The number of carbonyl (C=O) groups is 3. The number of nitrogens with one attached hydrogen (secondary N) is 1. The molecule has 26 heteroatoms. The summed E-state index contributed by atoms with van der Waals surface area (Å²) in [6, 6.07) is 25.2. The molecule has 6 aromatic rings. The van der Waals surface area contributed by atoms with E-state index in [1.807, 2.05) is 101 Å². The number of rotatable bonds is 3. The predicted molar refractivity (Wildman–Crippen MR) is 354 cm³/mol. The van der Waals surface area contributed by atoms with Crippen LogP contribution in [0.2, 0.25) is 0 Å². The van der Waals surface area contributed by atoms with Crippen molar-refractivity contribution in [3.63, 3.8) is 0 Å². The fourth-order valence-electron chi connectivity index (χ4n) is 11.3. The molecule has 0 spiro atoms. The molecule has 0 aromatic heterocycles. The second-order valence-corrected chi connectivity index (χ2v) is 27.6. The summed E-state index contributed by atoms with van der Waals surface area (Å²) in [5, 5.41) is 24.6. The van der Waals surface area contributed by atoms with Gasteiger partial charge in [0.1, 0.15) is 29.0 Å². The van der Waals surface area contributed by atoms with Crippen LogP contribution >= 0.6 is 0 Å². The topological polar surface area (TPSA) is 181 Å². The van der Waals surface area contributed by atoms with Gasteiger partial charge in [-0.15, -0.1) is 0 Å². The number of allylic oxidation sites excluding steroid dienone is 1. The normalized spacial score (nSPS) is 19.2. The van der Waals surface area contributed by atoms with Crippen molar-refractivity contribution in [2.75, 3.05) is 41.3 Å². The van der Waals surface area contributed by atoms with Gasteiger partial charge in [0.05, 0.1) is 75.5 Å². The molecule has 0 radical (unpaired) electrons. The van der Waals surface area contributed by atoms with Crippen molar-refractivity contribution in [2.45, 2.75) is 168 Å². The molecule has 0 saturated carbocycles. The molecule has 6 aliphatic rings. The zero-order chi connectivity index (χ0) is 72.5. The third-order valence-electron chi connectivity index (χ3n) is 15.7. The van der Waals surface area contributed by atoms with Crippen molar-refractivity contribution in [2.24, 2.45) is 0 Å². The van der Waals surface area contributed by atoms with Gasteiger partial charge >= 0.3 is 36.9 Å². The molecule has 5 atom stereocenters. The molecule has 5 aliphatic heterocycles. The lowest BCUT2D eigenvalue weighted by Gasteiger charge is -2.46. The maximum Gasteiger partial charge on any atom is 0.509 e. The van der Waals surface area contributed by atoms with E-state index in [-0.39, 0.29) is 48.2 Å². The number of amides is 2. The average molecular weight is 1390 g/mol. The van der Waals surface area contributed by atoms with Crippen LogP contribution in [0.25, 0.3) is 0 Å². The molecule has 99 heavy (non-hydrogen) atoms. The summed E-state index contributed by atoms with van der Waals surface area (Å²) >= 11 is 0. The monoisotopic (exact) mass is 1390 g/mol. The lowest BCUT2D eigenvalue weighted by molar-refractivity contribution is -0.138. The fourth-order valence-corrected chi connectivity index (χ4v) is 11.3. The van der Waals surface area contributed by atoms with E-state index in [1.54, 1.807) is 75.6 Å². The van der Waals surface area contributed by atoms with Gasteiger partial charge in [-0.2, -0.15) is 39.5 Å². The number of likely N-dealkylation sites (tertiary alicyclic amines) is 1. The molecular weight excluding hydrogens is 1310 g/mol. The van der Waals surface area contributed by atoms with E-state index in [0.29, 0.717) is 47.4 Å². The number of fused-ring (bicyclic) bond motifs is 6. The summed E-state index contributed by atoms with van der Waals surface area (Å²) in [6.07, 6.45) is -6.92. The maximum atomic E-state index is 13.4. The number of benzene rings is 6. The second-order valence-electron chi connectivity index (χ2n) is 27.6. The highest BCUT2D eigenvalue weighted by Gasteiger charge is 2.45. The van der Waals surface area contributed by atoms with Gasteiger partial charge in [0.25, 0.3) is 0 Å². The highest BCUT2D eigenvalue weighted by atomic mass is 19.4. The Labute approximate surface area is 568 Å². The number of piperidine rings is 1. The number of alkyl halides is 9. The minimum Gasteiger partial charge on any atom is -0.453 e. The molecule has 1 fully saturated rings. The molecule has 5 heterocycles. The van der Waals surface area contributed by atoms with Crippen LogP contribution in [0.15, 0.2) is 133 Å². The molecule has 6 aromatic carbocycles. The van der Waals surface area contributed by atoms with Crippen LogP contribution < -0.4 is 29.3 Å². The number of carbonyl (C=O) groups excluding carboxylic acids is 3. The van der Waals surface area contributed by atoms with E-state index in [0.717, 1.165) is 83.7 Å². The third-order valence-corrected chi connectivity index (χ3v) is 15.7. The molecule has 3 N–H and O–H groups in total. The van der Waals surface area contributed by atoms with Crippen LogP contribution in [-0.2, 0) is 37.5 Å². The summed E-state index contributed by atoms with van der Waals surface area (Å²) in [5.74, 6) is 1.59. The molecule has 12 rings (SSSR count). The zero-order valence-electron chi connectivity index (χ0n) is 56.7. The summed E-state index contributed by atoms with van der Waals surface area (Å²) in [5.41, 5.74) is 1.79. The first kappa shape index (κ1) is 73.9. The number of halogens is 9. The Morgan fingerprint density at radius 3 is 1.38 bits per heavy atom. The van der Waals surface area contributed by atoms with Gasteiger partial charge in [-0.05, 0) is 216 Å². The van der Waals surface area contributed by atoms with Crippen molar-refractivity contribution in [1.82, 2.24) is 9.80 Å². The van der Waals surface area contributed by atoms with E-state index in [2.05, 4.69) is 5.32 Å². The molecule has 1 aliphatic carbocycles. The van der Waals surface area contributed by atoms with Gasteiger partial charge in [0, 0.05) is 19.6 Å². The largest absolute Gasteiger partial charge is 0.509 e. The summed E-state index contributed by atoms with van der Waals surface area (Å²) < 4.78 is 156. The van der Waals surface area contributed by atoms with Gasteiger partial charge in [0.2, 0.25) is 0 Å². The number of aliphatic hydroxyl groups excluding tert-OH is 2.